The molecular formula is C12H24N2O3. The van der Waals surface area contributed by atoms with Crippen LogP contribution in [0.1, 0.15) is 40.0 Å². The lowest BCUT2D eigenvalue weighted by Crippen LogP contribution is -2.38. The van der Waals surface area contributed by atoms with Crippen LogP contribution < -0.4 is 10.6 Å². The maximum Gasteiger partial charge on any atom is 0.239 e. The fourth-order valence-corrected chi connectivity index (χ4v) is 1.51. The summed E-state index contributed by atoms with van der Waals surface area (Å²) in [6.45, 7) is 6.15. The first kappa shape index (κ1) is 15.9. The molecule has 100 valence electrons. The highest BCUT2D eigenvalue weighted by Crippen LogP contribution is 2.03. The molecule has 0 saturated heterocycles. The summed E-state index contributed by atoms with van der Waals surface area (Å²) >= 11 is 0. The molecule has 0 aliphatic carbocycles. The summed E-state index contributed by atoms with van der Waals surface area (Å²) in [5, 5.41) is 14.4. The van der Waals surface area contributed by atoms with E-state index in [2.05, 4.69) is 10.6 Å². The molecule has 0 aromatic heterocycles. The molecule has 5 heteroatoms. The molecule has 2 amide bonds. The molecular weight excluding hydrogens is 220 g/mol. The van der Waals surface area contributed by atoms with E-state index in [-0.39, 0.29) is 30.4 Å². The molecule has 5 nitrogen and oxygen atoms in total. The van der Waals surface area contributed by atoms with Crippen LogP contribution in [0.25, 0.3) is 0 Å². The zero-order valence-electron chi connectivity index (χ0n) is 11.0. The predicted octanol–water partition coefficient (Wildman–Crippen LogP) is 0.426. The summed E-state index contributed by atoms with van der Waals surface area (Å²) in [6, 6.07) is 0. The van der Waals surface area contributed by atoms with E-state index in [1.807, 2.05) is 13.8 Å². The van der Waals surface area contributed by atoms with Crippen LogP contribution in [0.3, 0.4) is 0 Å². The number of rotatable bonds is 8. The Labute approximate surface area is 103 Å². The van der Waals surface area contributed by atoms with Gasteiger partial charge in [-0.25, -0.2) is 0 Å². The van der Waals surface area contributed by atoms with Gasteiger partial charge >= 0.3 is 0 Å². The third-order valence-corrected chi connectivity index (χ3v) is 2.31. The zero-order valence-corrected chi connectivity index (χ0v) is 11.0. The Bertz CT molecular complexity index is 242. The molecule has 0 radical (unpaired) electrons. The quantitative estimate of drug-likeness (QED) is 0.579. The first-order valence-corrected chi connectivity index (χ1v) is 6.17. The van der Waals surface area contributed by atoms with Gasteiger partial charge in [0.25, 0.3) is 0 Å². The zero-order chi connectivity index (χ0) is 13.3. The number of hydrogen-bond donors (Lipinski definition) is 3. The van der Waals surface area contributed by atoms with Crippen LogP contribution in [0.5, 0.6) is 0 Å². The largest absolute Gasteiger partial charge is 0.393 e. The minimum Gasteiger partial charge on any atom is -0.393 e. The minimum atomic E-state index is -0.355. The molecule has 0 aromatic carbocycles. The Morgan fingerprint density at radius 2 is 1.82 bits per heavy atom. The number of carbonyl (C=O) groups excluding carboxylic acids is 2. The molecule has 3 N–H and O–H groups in total. The van der Waals surface area contributed by atoms with Gasteiger partial charge in [-0.05, 0) is 25.7 Å². The normalized spacial score (nSPS) is 13.9. The second-order valence-corrected chi connectivity index (χ2v) is 4.52. The van der Waals surface area contributed by atoms with Crippen molar-refractivity contribution in [2.75, 3.05) is 13.1 Å². The Hall–Kier alpha value is -1.10. The lowest BCUT2D eigenvalue weighted by molar-refractivity contribution is -0.126. The second-order valence-electron chi connectivity index (χ2n) is 4.52. The van der Waals surface area contributed by atoms with Crippen LogP contribution >= 0.6 is 0 Å². The van der Waals surface area contributed by atoms with Crippen LogP contribution in [0.4, 0.5) is 0 Å². The SMILES string of the molecule is CCCC(=O)NCC(=O)NCC(C)CC(C)O. The molecule has 2 atom stereocenters. The molecule has 0 fully saturated rings. The van der Waals surface area contributed by atoms with Crippen molar-refractivity contribution < 1.29 is 14.7 Å². The molecule has 0 bridgehead atoms. The van der Waals surface area contributed by atoms with Crippen molar-refractivity contribution in [1.82, 2.24) is 10.6 Å². The molecule has 0 heterocycles. The van der Waals surface area contributed by atoms with Crippen LogP contribution in [0, 0.1) is 5.92 Å². The van der Waals surface area contributed by atoms with Crippen LogP contribution in [-0.4, -0.2) is 36.1 Å². The van der Waals surface area contributed by atoms with Crippen molar-refractivity contribution in [1.29, 1.82) is 0 Å². The van der Waals surface area contributed by atoms with Crippen molar-refractivity contribution >= 4 is 11.8 Å². The van der Waals surface area contributed by atoms with Gasteiger partial charge in [0.1, 0.15) is 0 Å². The Morgan fingerprint density at radius 1 is 1.18 bits per heavy atom. The average Bonchev–Trinajstić information content (AvgIpc) is 2.23. The van der Waals surface area contributed by atoms with Crippen LogP contribution in [-0.2, 0) is 9.59 Å². The Balaban J connectivity index is 3.62. The number of aliphatic hydroxyl groups is 1. The third kappa shape index (κ3) is 9.81. The van der Waals surface area contributed by atoms with Crippen molar-refractivity contribution in [2.24, 2.45) is 5.92 Å². The van der Waals surface area contributed by atoms with E-state index in [0.717, 1.165) is 6.42 Å². The highest BCUT2D eigenvalue weighted by atomic mass is 16.3. The highest BCUT2D eigenvalue weighted by molar-refractivity contribution is 5.84. The number of nitrogens with one attached hydrogen (secondary N) is 2. The van der Waals surface area contributed by atoms with Gasteiger partial charge in [0.15, 0.2) is 0 Å². The molecule has 2 unspecified atom stereocenters. The van der Waals surface area contributed by atoms with Gasteiger partial charge < -0.3 is 15.7 Å². The Kier molecular flexibility index (Phi) is 8.40. The Morgan fingerprint density at radius 3 is 2.35 bits per heavy atom. The smallest absolute Gasteiger partial charge is 0.239 e. The molecule has 0 aliphatic rings. The molecule has 0 rings (SSSR count). The summed E-state index contributed by atoms with van der Waals surface area (Å²) in [5.74, 6) is -0.0585. The van der Waals surface area contributed by atoms with E-state index in [9.17, 15) is 9.59 Å². The van der Waals surface area contributed by atoms with Gasteiger partial charge in [0, 0.05) is 13.0 Å². The summed E-state index contributed by atoms with van der Waals surface area (Å²) in [4.78, 5) is 22.5. The number of carbonyl (C=O) groups is 2. The van der Waals surface area contributed by atoms with E-state index in [4.69, 9.17) is 5.11 Å². The van der Waals surface area contributed by atoms with Gasteiger partial charge in [-0.2, -0.15) is 0 Å². The van der Waals surface area contributed by atoms with E-state index in [0.29, 0.717) is 19.4 Å². The van der Waals surface area contributed by atoms with Crippen molar-refractivity contribution in [3.05, 3.63) is 0 Å². The summed E-state index contributed by atoms with van der Waals surface area (Å²) in [7, 11) is 0. The van der Waals surface area contributed by atoms with E-state index >= 15 is 0 Å². The standard InChI is InChI=1S/C12H24N2O3/c1-4-5-11(16)14-8-12(17)13-7-9(2)6-10(3)15/h9-10,15H,4-8H2,1-3H3,(H,13,17)(H,14,16). The number of amides is 2. The highest BCUT2D eigenvalue weighted by Gasteiger charge is 2.09. The van der Waals surface area contributed by atoms with E-state index in [1.165, 1.54) is 0 Å². The summed E-state index contributed by atoms with van der Waals surface area (Å²) in [5.41, 5.74) is 0. The third-order valence-electron chi connectivity index (χ3n) is 2.31. The summed E-state index contributed by atoms with van der Waals surface area (Å²) in [6.07, 6.45) is 1.53. The van der Waals surface area contributed by atoms with Crippen molar-refractivity contribution in [3.63, 3.8) is 0 Å². The molecule has 0 spiro atoms. The van der Waals surface area contributed by atoms with Gasteiger partial charge in [0.2, 0.25) is 11.8 Å². The van der Waals surface area contributed by atoms with E-state index < -0.39 is 0 Å². The van der Waals surface area contributed by atoms with Gasteiger partial charge in [0.05, 0.1) is 12.6 Å². The van der Waals surface area contributed by atoms with Crippen molar-refractivity contribution in [3.8, 4) is 0 Å². The first-order chi connectivity index (χ1) is 7.95. The lowest BCUT2D eigenvalue weighted by atomic mass is 10.1. The maximum atomic E-state index is 11.4. The fraction of sp³-hybridized carbons (Fsp3) is 0.833. The number of hydrogen-bond acceptors (Lipinski definition) is 3. The van der Waals surface area contributed by atoms with Crippen LogP contribution in [0.2, 0.25) is 0 Å². The molecule has 0 aromatic rings. The van der Waals surface area contributed by atoms with Crippen LogP contribution in [0.15, 0.2) is 0 Å². The maximum absolute atomic E-state index is 11.4. The number of aliphatic hydroxyl groups excluding tert-OH is 1. The second kappa shape index (κ2) is 8.98. The molecule has 0 aliphatic heterocycles. The summed E-state index contributed by atoms with van der Waals surface area (Å²) < 4.78 is 0. The first-order valence-electron chi connectivity index (χ1n) is 6.17. The average molecular weight is 244 g/mol. The minimum absolute atomic E-state index is 0.0280. The molecule has 0 saturated carbocycles. The lowest BCUT2D eigenvalue weighted by Gasteiger charge is -2.14. The topological polar surface area (TPSA) is 78.4 Å². The van der Waals surface area contributed by atoms with Crippen molar-refractivity contribution in [2.45, 2.75) is 46.1 Å². The predicted molar refractivity (Wildman–Crippen MR) is 66.4 cm³/mol. The molecule has 17 heavy (non-hydrogen) atoms. The van der Waals surface area contributed by atoms with Gasteiger partial charge in [-0.1, -0.05) is 13.8 Å². The van der Waals surface area contributed by atoms with Gasteiger partial charge in [-0.3, -0.25) is 9.59 Å². The fourth-order valence-electron chi connectivity index (χ4n) is 1.51. The monoisotopic (exact) mass is 244 g/mol. The van der Waals surface area contributed by atoms with E-state index in [1.54, 1.807) is 6.92 Å². The van der Waals surface area contributed by atoms with Gasteiger partial charge in [-0.15, -0.1) is 0 Å².